The van der Waals surface area contributed by atoms with Crippen molar-refractivity contribution in [1.29, 1.82) is 0 Å². The van der Waals surface area contributed by atoms with Crippen LogP contribution in [0.2, 0.25) is 0 Å². The smallest absolute Gasteiger partial charge is 0.231 e. The highest BCUT2D eigenvalue weighted by atomic mass is 16.7. The van der Waals surface area contributed by atoms with E-state index in [2.05, 4.69) is 10.3 Å². The fourth-order valence-electron chi connectivity index (χ4n) is 2.54. The summed E-state index contributed by atoms with van der Waals surface area (Å²) in [5.41, 5.74) is 1.11. The average Bonchev–Trinajstić information content (AvgIpc) is 3.11. The summed E-state index contributed by atoms with van der Waals surface area (Å²) in [5, 5.41) is 3.35. The Kier molecular flexibility index (Phi) is 5.61. The molecule has 1 N–H and O–H groups in total. The maximum Gasteiger partial charge on any atom is 0.231 e. The predicted octanol–water partition coefficient (Wildman–Crippen LogP) is 2.50. The van der Waals surface area contributed by atoms with E-state index in [1.165, 1.54) is 0 Å². The van der Waals surface area contributed by atoms with Crippen LogP contribution in [0.4, 0.5) is 0 Å². The van der Waals surface area contributed by atoms with Gasteiger partial charge in [-0.2, -0.15) is 0 Å². The number of benzene rings is 2. The van der Waals surface area contributed by atoms with E-state index < -0.39 is 0 Å². The molecule has 0 fully saturated rings. The SMILES string of the molecule is CN=C(NCc1ccc2c(c1)OCO2)N(C)CCOc1ccccc1. The molecule has 1 aliphatic rings. The van der Waals surface area contributed by atoms with E-state index in [4.69, 9.17) is 14.2 Å². The Labute approximate surface area is 148 Å². The topological polar surface area (TPSA) is 55.3 Å². The fourth-order valence-corrected chi connectivity index (χ4v) is 2.54. The van der Waals surface area contributed by atoms with Crippen molar-refractivity contribution in [3.05, 3.63) is 54.1 Å². The Morgan fingerprint density at radius 2 is 1.96 bits per heavy atom. The van der Waals surface area contributed by atoms with E-state index in [0.29, 0.717) is 13.2 Å². The molecule has 0 saturated carbocycles. The van der Waals surface area contributed by atoms with Crippen LogP contribution < -0.4 is 19.5 Å². The first-order valence-corrected chi connectivity index (χ1v) is 8.24. The van der Waals surface area contributed by atoms with Crippen molar-refractivity contribution in [3.8, 4) is 17.2 Å². The van der Waals surface area contributed by atoms with Gasteiger partial charge in [-0.05, 0) is 29.8 Å². The van der Waals surface area contributed by atoms with Crippen molar-refractivity contribution in [3.63, 3.8) is 0 Å². The van der Waals surface area contributed by atoms with Gasteiger partial charge in [0.25, 0.3) is 0 Å². The third kappa shape index (κ3) is 4.56. The number of nitrogens with one attached hydrogen (secondary N) is 1. The summed E-state index contributed by atoms with van der Waals surface area (Å²) < 4.78 is 16.5. The summed E-state index contributed by atoms with van der Waals surface area (Å²) in [4.78, 5) is 6.36. The van der Waals surface area contributed by atoms with Crippen LogP contribution in [0.5, 0.6) is 17.2 Å². The van der Waals surface area contributed by atoms with Crippen LogP contribution in [-0.4, -0.2) is 44.9 Å². The lowest BCUT2D eigenvalue weighted by Crippen LogP contribution is -2.40. The quantitative estimate of drug-likeness (QED) is 0.646. The Hall–Kier alpha value is -2.89. The second-order valence-corrected chi connectivity index (χ2v) is 5.67. The molecule has 0 spiro atoms. The van der Waals surface area contributed by atoms with Gasteiger partial charge in [-0.1, -0.05) is 24.3 Å². The molecule has 2 aromatic carbocycles. The Morgan fingerprint density at radius 3 is 2.76 bits per heavy atom. The van der Waals surface area contributed by atoms with Gasteiger partial charge in [0.05, 0.1) is 6.54 Å². The van der Waals surface area contributed by atoms with Gasteiger partial charge in [0, 0.05) is 20.6 Å². The summed E-state index contributed by atoms with van der Waals surface area (Å²) in [6, 6.07) is 15.7. The first-order chi connectivity index (χ1) is 12.3. The van der Waals surface area contributed by atoms with Gasteiger partial charge >= 0.3 is 0 Å². The second-order valence-electron chi connectivity index (χ2n) is 5.67. The summed E-state index contributed by atoms with van der Waals surface area (Å²) in [6.07, 6.45) is 0. The van der Waals surface area contributed by atoms with Crippen molar-refractivity contribution in [1.82, 2.24) is 10.2 Å². The molecule has 6 heteroatoms. The zero-order valence-corrected chi connectivity index (χ0v) is 14.6. The lowest BCUT2D eigenvalue weighted by atomic mass is 10.2. The minimum atomic E-state index is 0.290. The van der Waals surface area contributed by atoms with Crippen molar-refractivity contribution in [2.75, 3.05) is 34.0 Å². The normalized spacial score (nSPS) is 12.8. The molecule has 0 aromatic heterocycles. The predicted molar refractivity (Wildman–Crippen MR) is 97.3 cm³/mol. The number of para-hydroxylation sites is 1. The number of nitrogens with zero attached hydrogens (tertiary/aromatic N) is 2. The first kappa shape index (κ1) is 17.0. The zero-order valence-electron chi connectivity index (χ0n) is 14.6. The van der Waals surface area contributed by atoms with Crippen molar-refractivity contribution in [2.45, 2.75) is 6.54 Å². The molecule has 132 valence electrons. The highest BCUT2D eigenvalue weighted by Crippen LogP contribution is 2.32. The van der Waals surface area contributed by atoms with Crippen LogP contribution in [0.1, 0.15) is 5.56 Å². The van der Waals surface area contributed by atoms with Gasteiger partial charge in [0.2, 0.25) is 6.79 Å². The maximum atomic E-state index is 5.73. The molecular weight excluding hydrogens is 318 g/mol. The molecule has 0 bridgehead atoms. The number of rotatable bonds is 6. The first-order valence-electron chi connectivity index (χ1n) is 8.24. The molecular formula is C19H23N3O3. The maximum absolute atomic E-state index is 5.73. The molecule has 25 heavy (non-hydrogen) atoms. The Morgan fingerprint density at radius 1 is 1.16 bits per heavy atom. The molecule has 1 aliphatic heterocycles. The van der Waals surface area contributed by atoms with E-state index in [1.807, 2.05) is 60.5 Å². The lowest BCUT2D eigenvalue weighted by Gasteiger charge is -2.22. The number of likely N-dealkylation sites (N-methyl/N-ethyl adjacent to an activating group) is 1. The molecule has 2 aromatic rings. The molecule has 0 saturated heterocycles. The summed E-state index contributed by atoms with van der Waals surface area (Å²) >= 11 is 0. The third-order valence-corrected chi connectivity index (χ3v) is 3.90. The van der Waals surface area contributed by atoms with Crippen molar-refractivity contribution in [2.24, 2.45) is 4.99 Å². The van der Waals surface area contributed by atoms with Crippen LogP contribution in [-0.2, 0) is 6.54 Å². The van der Waals surface area contributed by atoms with Crippen LogP contribution in [0, 0.1) is 0 Å². The van der Waals surface area contributed by atoms with Gasteiger partial charge in [-0.15, -0.1) is 0 Å². The third-order valence-electron chi connectivity index (χ3n) is 3.90. The van der Waals surface area contributed by atoms with Crippen LogP contribution in [0.25, 0.3) is 0 Å². The summed E-state index contributed by atoms with van der Waals surface area (Å²) in [5.74, 6) is 3.27. The van der Waals surface area contributed by atoms with Crippen molar-refractivity contribution < 1.29 is 14.2 Å². The number of hydrogen-bond donors (Lipinski definition) is 1. The fraction of sp³-hybridized carbons (Fsp3) is 0.316. The van der Waals surface area contributed by atoms with E-state index in [9.17, 15) is 0 Å². The van der Waals surface area contributed by atoms with E-state index in [0.717, 1.165) is 35.3 Å². The Balaban J connectivity index is 1.46. The van der Waals surface area contributed by atoms with Crippen LogP contribution in [0.15, 0.2) is 53.5 Å². The van der Waals surface area contributed by atoms with Crippen LogP contribution >= 0.6 is 0 Å². The molecule has 6 nitrogen and oxygen atoms in total. The van der Waals surface area contributed by atoms with Crippen LogP contribution in [0.3, 0.4) is 0 Å². The number of fused-ring (bicyclic) bond motifs is 1. The largest absolute Gasteiger partial charge is 0.492 e. The van der Waals surface area contributed by atoms with Gasteiger partial charge in [-0.3, -0.25) is 4.99 Å². The molecule has 0 aliphatic carbocycles. The standard InChI is InChI=1S/C19H23N3O3/c1-20-19(22(2)10-11-23-16-6-4-3-5-7-16)21-13-15-8-9-17-18(12-15)25-14-24-17/h3-9,12H,10-11,13-14H2,1-2H3,(H,20,21). The highest BCUT2D eigenvalue weighted by molar-refractivity contribution is 5.79. The van der Waals surface area contributed by atoms with E-state index in [1.54, 1.807) is 7.05 Å². The minimum Gasteiger partial charge on any atom is -0.492 e. The molecule has 1 heterocycles. The molecule has 0 radical (unpaired) electrons. The Bertz CT molecular complexity index is 719. The highest BCUT2D eigenvalue weighted by Gasteiger charge is 2.13. The minimum absolute atomic E-state index is 0.290. The van der Waals surface area contributed by atoms with Crippen molar-refractivity contribution >= 4 is 5.96 Å². The second kappa shape index (κ2) is 8.28. The van der Waals surface area contributed by atoms with E-state index in [-0.39, 0.29) is 6.79 Å². The number of hydrogen-bond acceptors (Lipinski definition) is 4. The average molecular weight is 341 g/mol. The van der Waals surface area contributed by atoms with Gasteiger partial charge < -0.3 is 24.4 Å². The van der Waals surface area contributed by atoms with Gasteiger partial charge in [-0.25, -0.2) is 0 Å². The van der Waals surface area contributed by atoms with E-state index >= 15 is 0 Å². The summed E-state index contributed by atoms with van der Waals surface area (Å²) in [7, 11) is 3.76. The molecule has 0 amide bonds. The molecule has 3 rings (SSSR count). The number of guanidine groups is 1. The number of ether oxygens (including phenoxy) is 3. The molecule has 0 unspecified atom stereocenters. The summed E-state index contributed by atoms with van der Waals surface area (Å²) in [6.45, 7) is 2.27. The number of aliphatic imine (C=N–C) groups is 1. The monoisotopic (exact) mass is 341 g/mol. The lowest BCUT2D eigenvalue weighted by molar-refractivity contribution is 0.174. The molecule has 0 atom stereocenters. The van der Waals surface area contributed by atoms with Gasteiger partial charge in [0.1, 0.15) is 12.4 Å². The zero-order chi connectivity index (χ0) is 17.5. The van der Waals surface area contributed by atoms with Gasteiger partial charge in [0.15, 0.2) is 17.5 Å².